The second-order valence-electron chi connectivity index (χ2n) is 6.19. The molecule has 21 heavy (non-hydrogen) atoms. The molecular weight excluding hydrogens is 324 g/mol. The molecule has 2 aromatic carbocycles. The van der Waals surface area contributed by atoms with Crippen molar-refractivity contribution < 1.29 is 0 Å². The van der Waals surface area contributed by atoms with Gasteiger partial charge in [0.05, 0.1) is 0 Å². The molecule has 1 fully saturated rings. The van der Waals surface area contributed by atoms with Crippen molar-refractivity contribution in [1.29, 1.82) is 0 Å². The molecule has 0 spiro atoms. The molecule has 0 atom stereocenters. The molecule has 0 aliphatic carbocycles. The maximum absolute atomic E-state index is 3.76. The van der Waals surface area contributed by atoms with Crippen molar-refractivity contribution >= 4 is 32.4 Å². The summed E-state index contributed by atoms with van der Waals surface area (Å²) in [6.07, 6.45) is 2.45. The van der Waals surface area contributed by atoms with Crippen LogP contribution in [0.5, 0.6) is 0 Å². The Morgan fingerprint density at radius 1 is 1.05 bits per heavy atom. The lowest BCUT2D eigenvalue weighted by molar-refractivity contribution is 0.177. The summed E-state index contributed by atoms with van der Waals surface area (Å²) in [5, 5.41) is 6.35. The number of hydrogen-bond acceptors (Lipinski definition) is 2. The van der Waals surface area contributed by atoms with Gasteiger partial charge >= 0.3 is 0 Å². The minimum atomic E-state index is 0.588. The highest BCUT2D eigenvalue weighted by Gasteiger charge is 2.21. The number of piperidine rings is 1. The molecule has 1 aliphatic rings. The van der Waals surface area contributed by atoms with Crippen LogP contribution in [0.3, 0.4) is 0 Å². The highest BCUT2D eigenvalue weighted by atomic mass is 79.9. The van der Waals surface area contributed by atoms with Gasteiger partial charge in [-0.2, -0.15) is 0 Å². The largest absolute Gasteiger partial charge is 0.382 e. The first kappa shape index (κ1) is 14.9. The molecule has 0 saturated carbocycles. The minimum Gasteiger partial charge on any atom is -0.382 e. The zero-order valence-electron chi connectivity index (χ0n) is 12.8. The third kappa shape index (κ3) is 3.24. The molecule has 1 saturated heterocycles. The zero-order chi connectivity index (χ0) is 14.8. The summed E-state index contributed by atoms with van der Waals surface area (Å²) in [7, 11) is 0. The quantitative estimate of drug-likeness (QED) is 0.851. The average Bonchev–Trinajstić information content (AvgIpc) is 2.51. The predicted octanol–water partition coefficient (Wildman–Crippen LogP) is 4.89. The fourth-order valence-corrected chi connectivity index (χ4v) is 3.65. The van der Waals surface area contributed by atoms with Crippen LogP contribution < -0.4 is 5.32 Å². The first-order valence-corrected chi connectivity index (χ1v) is 8.62. The Balaban J connectivity index is 1.76. The Morgan fingerprint density at radius 3 is 2.38 bits per heavy atom. The van der Waals surface area contributed by atoms with Gasteiger partial charge in [-0.25, -0.2) is 0 Å². The highest BCUT2D eigenvalue weighted by Crippen LogP contribution is 2.31. The van der Waals surface area contributed by atoms with Crippen LogP contribution >= 0.6 is 15.9 Å². The zero-order valence-corrected chi connectivity index (χ0v) is 14.4. The van der Waals surface area contributed by atoms with Crippen LogP contribution in [0.4, 0.5) is 5.69 Å². The number of hydrogen-bond donors (Lipinski definition) is 1. The Bertz CT molecular complexity index is 616. The van der Waals surface area contributed by atoms with E-state index >= 15 is 0 Å². The molecule has 0 bridgehead atoms. The van der Waals surface area contributed by atoms with E-state index in [0.717, 1.165) is 0 Å². The van der Waals surface area contributed by atoms with Gasteiger partial charge in [-0.1, -0.05) is 40.2 Å². The lowest BCUT2D eigenvalue weighted by Gasteiger charge is -2.35. The van der Waals surface area contributed by atoms with Crippen LogP contribution in [0, 0.1) is 0 Å². The van der Waals surface area contributed by atoms with E-state index < -0.39 is 0 Å². The fourth-order valence-electron chi connectivity index (χ4n) is 3.17. The molecule has 3 heteroatoms. The van der Waals surface area contributed by atoms with Crippen molar-refractivity contribution in [3.63, 3.8) is 0 Å². The molecule has 1 N–H and O–H groups in total. The number of halogens is 1. The highest BCUT2D eigenvalue weighted by molar-refractivity contribution is 9.10. The van der Waals surface area contributed by atoms with Crippen LogP contribution in [0.15, 0.2) is 40.9 Å². The van der Waals surface area contributed by atoms with E-state index in [2.05, 4.69) is 76.4 Å². The second kappa shape index (κ2) is 6.37. The summed E-state index contributed by atoms with van der Waals surface area (Å²) in [6, 6.07) is 14.2. The lowest BCUT2D eigenvalue weighted by atomic mass is 10.0. The summed E-state index contributed by atoms with van der Waals surface area (Å²) in [6.45, 7) is 6.97. The first-order valence-electron chi connectivity index (χ1n) is 7.83. The molecule has 0 amide bonds. The molecule has 1 heterocycles. The van der Waals surface area contributed by atoms with Crippen molar-refractivity contribution in [3.05, 3.63) is 40.9 Å². The predicted molar refractivity (Wildman–Crippen MR) is 95.0 cm³/mol. The van der Waals surface area contributed by atoms with Crippen LogP contribution in [0.25, 0.3) is 10.8 Å². The molecule has 0 aromatic heterocycles. The number of fused-ring (bicyclic) bond motifs is 1. The van der Waals surface area contributed by atoms with Crippen molar-refractivity contribution in [2.45, 2.75) is 38.8 Å². The Hall–Kier alpha value is -1.06. The molecule has 2 aromatic rings. The van der Waals surface area contributed by atoms with E-state index in [-0.39, 0.29) is 0 Å². The van der Waals surface area contributed by atoms with E-state index in [1.807, 2.05) is 0 Å². The Morgan fingerprint density at radius 2 is 1.71 bits per heavy atom. The molecule has 0 unspecified atom stereocenters. The van der Waals surface area contributed by atoms with Gasteiger partial charge in [-0.3, -0.25) is 0 Å². The summed E-state index contributed by atoms with van der Waals surface area (Å²) < 4.78 is 1.17. The van der Waals surface area contributed by atoms with Crippen molar-refractivity contribution in [2.24, 2.45) is 0 Å². The normalized spacial score (nSPS) is 17.5. The molecule has 112 valence electrons. The third-order valence-electron chi connectivity index (χ3n) is 4.49. The standard InChI is InChI=1S/C18H23BrN2/c1-13(2)21-11-9-14(10-12-21)20-18-8-7-17(19)15-5-3-4-6-16(15)18/h3-8,13-14,20H,9-12H2,1-2H3. The van der Waals surface area contributed by atoms with Gasteiger partial charge in [0.1, 0.15) is 0 Å². The molecule has 2 nitrogen and oxygen atoms in total. The topological polar surface area (TPSA) is 15.3 Å². The monoisotopic (exact) mass is 346 g/mol. The van der Waals surface area contributed by atoms with Crippen molar-refractivity contribution in [1.82, 2.24) is 4.90 Å². The third-order valence-corrected chi connectivity index (χ3v) is 5.18. The van der Waals surface area contributed by atoms with E-state index in [9.17, 15) is 0 Å². The SMILES string of the molecule is CC(C)N1CCC(Nc2ccc(Br)c3ccccc23)CC1. The van der Waals surface area contributed by atoms with E-state index in [4.69, 9.17) is 0 Å². The first-order chi connectivity index (χ1) is 10.1. The van der Waals surface area contributed by atoms with Crippen molar-refractivity contribution in [3.8, 4) is 0 Å². The summed E-state index contributed by atoms with van der Waals surface area (Å²) >= 11 is 3.65. The summed E-state index contributed by atoms with van der Waals surface area (Å²) in [4.78, 5) is 2.57. The van der Waals surface area contributed by atoms with Crippen LogP contribution in [-0.4, -0.2) is 30.1 Å². The van der Waals surface area contributed by atoms with Gasteiger partial charge in [-0.05, 0) is 44.2 Å². The van der Waals surface area contributed by atoms with Gasteiger partial charge < -0.3 is 10.2 Å². The minimum absolute atomic E-state index is 0.588. The molecule has 3 rings (SSSR count). The molecule has 0 radical (unpaired) electrons. The van der Waals surface area contributed by atoms with Crippen molar-refractivity contribution in [2.75, 3.05) is 18.4 Å². The molecular formula is C18H23BrN2. The number of nitrogens with one attached hydrogen (secondary N) is 1. The van der Waals surface area contributed by atoms with Gasteiger partial charge in [-0.15, -0.1) is 0 Å². The number of benzene rings is 2. The van der Waals surface area contributed by atoms with Crippen LogP contribution in [-0.2, 0) is 0 Å². The maximum Gasteiger partial charge on any atom is 0.0422 e. The van der Waals surface area contributed by atoms with Gasteiger partial charge in [0.2, 0.25) is 0 Å². The van der Waals surface area contributed by atoms with E-state index in [1.54, 1.807) is 0 Å². The lowest BCUT2D eigenvalue weighted by Crippen LogP contribution is -2.42. The van der Waals surface area contributed by atoms with Crippen LogP contribution in [0.1, 0.15) is 26.7 Å². The summed E-state index contributed by atoms with van der Waals surface area (Å²) in [5.74, 6) is 0. The summed E-state index contributed by atoms with van der Waals surface area (Å²) in [5.41, 5.74) is 1.26. The maximum atomic E-state index is 3.76. The number of anilines is 1. The second-order valence-corrected chi connectivity index (χ2v) is 7.04. The Labute approximate surface area is 135 Å². The Kier molecular flexibility index (Phi) is 4.51. The van der Waals surface area contributed by atoms with Gasteiger partial charge in [0.25, 0.3) is 0 Å². The molecule has 1 aliphatic heterocycles. The number of nitrogens with zero attached hydrogens (tertiary/aromatic N) is 1. The average molecular weight is 347 g/mol. The van der Waals surface area contributed by atoms with Crippen LogP contribution in [0.2, 0.25) is 0 Å². The fraction of sp³-hybridized carbons (Fsp3) is 0.444. The smallest absolute Gasteiger partial charge is 0.0422 e. The van der Waals surface area contributed by atoms with E-state index in [1.165, 1.54) is 46.9 Å². The van der Waals surface area contributed by atoms with Gasteiger partial charge in [0, 0.05) is 40.7 Å². The van der Waals surface area contributed by atoms with E-state index in [0.29, 0.717) is 12.1 Å². The van der Waals surface area contributed by atoms with Gasteiger partial charge in [0.15, 0.2) is 0 Å². The number of rotatable bonds is 3. The number of likely N-dealkylation sites (tertiary alicyclic amines) is 1.